The Morgan fingerprint density at radius 2 is 1.84 bits per heavy atom. The molecule has 25 heavy (non-hydrogen) atoms. The number of aryl methyl sites for hydroxylation is 1. The molecule has 0 aliphatic carbocycles. The first-order valence-electron chi connectivity index (χ1n) is 9.10. The van der Waals surface area contributed by atoms with E-state index in [0.29, 0.717) is 18.1 Å². The van der Waals surface area contributed by atoms with Crippen LogP contribution in [0.25, 0.3) is 0 Å². The van der Waals surface area contributed by atoms with Gasteiger partial charge < -0.3 is 15.5 Å². The van der Waals surface area contributed by atoms with E-state index in [4.69, 9.17) is 0 Å². The standard InChI is InChI=1S/C19H29N3O2S/c1-11-8-15(21-18(24)19(2,3)4)25-16(11)17(23)22(5)14-9-12-6-7-13(10-14)20-12/h8,12-14,20H,6-7,9-10H2,1-5H3,(H,21,24). The zero-order valence-corrected chi connectivity index (χ0v) is 16.6. The van der Waals surface area contributed by atoms with Gasteiger partial charge in [-0.1, -0.05) is 20.8 Å². The smallest absolute Gasteiger partial charge is 0.264 e. The minimum Gasteiger partial charge on any atom is -0.338 e. The van der Waals surface area contributed by atoms with E-state index in [0.717, 1.165) is 28.3 Å². The summed E-state index contributed by atoms with van der Waals surface area (Å²) in [6, 6.07) is 3.33. The lowest BCUT2D eigenvalue weighted by molar-refractivity contribution is -0.123. The van der Waals surface area contributed by atoms with E-state index in [1.165, 1.54) is 24.2 Å². The molecule has 3 heterocycles. The predicted molar refractivity (Wildman–Crippen MR) is 102 cm³/mol. The van der Waals surface area contributed by atoms with Crippen molar-refractivity contribution in [2.75, 3.05) is 12.4 Å². The molecule has 5 nitrogen and oxygen atoms in total. The average Bonchev–Trinajstić information content (AvgIpc) is 3.06. The van der Waals surface area contributed by atoms with Crippen molar-refractivity contribution < 1.29 is 9.59 Å². The molecule has 2 atom stereocenters. The minimum atomic E-state index is -0.451. The van der Waals surface area contributed by atoms with Gasteiger partial charge in [0.2, 0.25) is 5.91 Å². The molecule has 138 valence electrons. The second-order valence-corrected chi connectivity index (χ2v) is 9.56. The SMILES string of the molecule is Cc1cc(NC(=O)C(C)(C)C)sc1C(=O)N(C)C1CC2CCC(C1)N2. The fourth-order valence-electron chi connectivity index (χ4n) is 3.72. The third-order valence-electron chi connectivity index (χ3n) is 5.35. The van der Waals surface area contributed by atoms with Crippen LogP contribution in [-0.4, -0.2) is 41.9 Å². The number of carbonyl (C=O) groups is 2. The highest BCUT2D eigenvalue weighted by Gasteiger charge is 2.37. The molecule has 1 aromatic heterocycles. The second kappa shape index (κ2) is 6.72. The normalized spacial score (nSPS) is 25.7. The molecule has 2 saturated heterocycles. The maximum absolute atomic E-state index is 13.0. The van der Waals surface area contributed by atoms with Gasteiger partial charge in [0.05, 0.1) is 9.88 Å². The molecule has 2 bridgehead atoms. The fraction of sp³-hybridized carbons (Fsp3) is 0.684. The van der Waals surface area contributed by atoms with Gasteiger partial charge >= 0.3 is 0 Å². The third-order valence-corrected chi connectivity index (χ3v) is 6.49. The van der Waals surface area contributed by atoms with Crippen LogP contribution in [0.1, 0.15) is 61.7 Å². The first-order chi connectivity index (χ1) is 11.6. The van der Waals surface area contributed by atoms with Crippen molar-refractivity contribution in [1.29, 1.82) is 0 Å². The second-order valence-electron chi connectivity index (χ2n) is 8.51. The number of rotatable bonds is 3. The summed E-state index contributed by atoms with van der Waals surface area (Å²) in [5.41, 5.74) is 0.482. The van der Waals surface area contributed by atoms with Crippen LogP contribution < -0.4 is 10.6 Å². The molecular weight excluding hydrogens is 334 g/mol. The maximum Gasteiger partial charge on any atom is 0.264 e. The number of carbonyl (C=O) groups excluding carboxylic acids is 2. The molecule has 0 radical (unpaired) electrons. The van der Waals surface area contributed by atoms with Crippen molar-refractivity contribution in [3.8, 4) is 0 Å². The molecule has 2 N–H and O–H groups in total. The molecular formula is C19H29N3O2S. The van der Waals surface area contributed by atoms with Crippen LogP contribution in [0.2, 0.25) is 0 Å². The Morgan fingerprint density at radius 1 is 1.24 bits per heavy atom. The Labute approximate surface area is 154 Å². The van der Waals surface area contributed by atoms with Crippen molar-refractivity contribution >= 4 is 28.2 Å². The highest BCUT2D eigenvalue weighted by Crippen LogP contribution is 2.33. The zero-order valence-electron chi connectivity index (χ0n) is 15.8. The number of amides is 2. The summed E-state index contributed by atoms with van der Waals surface area (Å²) >= 11 is 1.38. The van der Waals surface area contributed by atoms with Gasteiger partial charge in [-0.05, 0) is 44.2 Å². The van der Waals surface area contributed by atoms with E-state index >= 15 is 0 Å². The molecule has 2 amide bonds. The van der Waals surface area contributed by atoms with Crippen LogP contribution in [0.4, 0.5) is 5.00 Å². The van der Waals surface area contributed by atoms with Crippen LogP contribution in [0.3, 0.4) is 0 Å². The van der Waals surface area contributed by atoms with Gasteiger partial charge in [0, 0.05) is 30.6 Å². The maximum atomic E-state index is 13.0. The Bertz CT molecular complexity index is 665. The van der Waals surface area contributed by atoms with Crippen LogP contribution in [0, 0.1) is 12.3 Å². The molecule has 3 rings (SSSR count). The summed E-state index contributed by atoms with van der Waals surface area (Å²) in [6.45, 7) is 7.59. The molecule has 2 aliphatic rings. The van der Waals surface area contributed by atoms with E-state index in [-0.39, 0.29) is 11.8 Å². The summed E-state index contributed by atoms with van der Waals surface area (Å²) in [5.74, 6) is 0.0427. The number of nitrogens with zero attached hydrogens (tertiary/aromatic N) is 1. The van der Waals surface area contributed by atoms with Crippen molar-refractivity contribution in [2.45, 2.75) is 71.5 Å². The first-order valence-corrected chi connectivity index (χ1v) is 9.92. The fourth-order valence-corrected chi connectivity index (χ4v) is 4.78. The van der Waals surface area contributed by atoms with E-state index in [9.17, 15) is 9.59 Å². The minimum absolute atomic E-state index is 0.0315. The van der Waals surface area contributed by atoms with Gasteiger partial charge in [0.1, 0.15) is 0 Å². The Balaban J connectivity index is 1.70. The molecule has 0 aromatic carbocycles. The van der Waals surface area contributed by atoms with Crippen LogP contribution in [0.15, 0.2) is 6.07 Å². The number of piperidine rings is 1. The number of hydrogen-bond acceptors (Lipinski definition) is 4. The monoisotopic (exact) mass is 363 g/mol. The summed E-state index contributed by atoms with van der Waals surface area (Å²) in [4.78, 5) is 27.8. The molecule has 0 spiro atoms. The van der Waals surface area contributed by atoms with Gasteiger partial charge in [-0.2, -0.15) is 0 Å². The zero-order chi connectivity index (χ0) is 18.4. The van der Waals surface area contributed by atoms with Crippen LogP contribution in [0.5, 0.6) is 0 Å². The third kappa shape index (κ3) is 3.90. The Kier molecular flexibility index (Phi) is 4.95. The lowest BCUT2D eigenvalue weighted by Crippen LogP contribution is -2.48. The molecule has 0 saturated carbocycles. The number of hydrogen-bond donors (Lipinski definition) is 2. The molecule has 6 heteroatoms. The number of nitrogens with one attached hydrogen (secondary N) is 2. The van der Waals surface area contributed by atoms with Crippen molar-refractivity contribution in [1.82, 2.24) is 10.2 Å². The lowest BCUT2D eigenvalue weighted by Gasteiger charge is -2.35. The van der Waals surface area contributed by atoms with Gasteiger partial charge in [-0.15, -0.1) is 11.3 Å². The Morgan fingerprint density at radius 3 is 2.40 bits per heavy atom. The molecule has 2 unspecified atom stereocenters. The predicted octanol–water partition coefficient (Wildman–Crippen LogP) is 3.40. The van der Waals surface area contributed by atoms with E-state index in [1.807, 2.05) is 45.7 Å². The summed E-state index contributed by atoms with van der Waals surface area (Å²) < 4.78 is 0. The van der Waals surface area contributed by atoms with Crippen LogP contribution >= 0.6 is 11.3 Å². The molecule has 2 fully saturated rings. The highest BCUT2D eigenvalue weighted by atomic mass is 32.1. The highest BCUT2D eigenvalue weighted by molar-refractivity contribution is 7.18. The van der Waals surface area contributed by atoms with Gasteiger partial charge in [0.25, 0.3) is 5.91 Å². The van der Waals surface area contributed by atoms with Crippen molar-refractivity contribution in [3.63, 3.8) is 0 Å². The quantitative estimate of drug-likeness (QED) is 0.865. The summed E-state index contributed by atoms with van der Waals surface area (Å²) in [5, 5.41) is 7.31. The lowest BCUT2D eigenvalue weighted by atomic mass is 9.96. The topological polar surface area (TPSA) is 61.4 Å². The van der Waals surface area contributed by atoms with Crippen molar-refractivity contribution in [2.24, 2.45) is 5.41 Å². The van der Waals surface area contributed by atoms with E-state index in [2.05, 4.69) is 10.6 Å². The number of anilines is 1. The number of fused-ring (bicyclic) bond motifs is 2. The van der Waals surface area contributed by atoms with Gasteiger partial charge in [-0.3, -0.25) is 9.59 Å². The van der Waals surface area contributed by atoms with E-state index in [1.54, 1.807) is 0 Å². The average molecular weight is 364 g/mol. The van der Waals surface area contributed by atoms with Gasteiger partial charge in [-0.25, -0.2) is 0 Å². The number of thiophene rings is 1. The molecule has 2 aliphatic heterocycles. The van der Waals surface area contributed by atoms with E-state index < -0.39 is 5.41 Å². The van der Waals surface area contributed by atoms with Gasteiger partial charge in [0.15, 0.2) is 0 Å². The largest absolute Gasteiger partial charge is 0.338 e. The first kappa shape index (κ1) is 18.4. The Hall–Kier alpha value is -1.40. The summed E-state index contributed by atoms with van der Waals surface area (Å²) in [7, 11) is 1.92. The van der Waals surface area contributed by atoms with Crippen molar-refractivity contribution in [3.05, 3.63) is 16.5 Å². The molecule has 1 aromatic rings. The summed E-state index contributed by atoms with van der Waals surface area (Å²) in [6.07, 6.45) is 4.53. The van der Waals surface area contributed by atoms with Crippen LogP contribution in [-0.2, 0) is 4.79 Å².